The number of benzene rings is 1. The minimum absolute atomic E-state index is 0. The quantitative estimate of drug-likeness (QED) is 0.697. The molecule has 1 aromatic carbocycles. The van der Waals surface area contributed by atoms with Crippen molar-refractivity contribution in [2.45, 2.75) is 31.7 Å². The third-order valence-electron chi connectivity index (χ3n) is 3.85. The zero-order valence-corrected chi connectivity index (χ0v) is 16.3. The van der Waals surface area contributed by atoms with Crippen LogP contribution in [-0.2, 0) is 9.59 Å². The van der Waals surface area contributed by atoms with Gasteiger partial charge in [0, 0.05) is 24.3 Å². The van der Waals surface area contributed by atoms with Gasteiger partial charge in [0.15, 0.2) is 0 Å². The first-order valence-corrected chi connectivity index (χ1v) is 8.13. The molecule has 0 unspecified atom stereocenters. The highest BCUT2D eigenvalue weighted by atomic mass is 35.5. The number of halogens is 2. The van der Waals surface area contributed by atoms with Crippen molar-refractivity contribution in [1.82, 2.24) is 10.2 Å². The maximum absolute atomic E-state index is 12.1. The molecule has 6 nitrogen and oxygen atoms in total. The second-order valence-corrected chi connectivity index (χ2v) is 6.17. The Morgan fingerprint density at radius 3 is 2.20 bits per heavy atom. The minimum atomic E-state index is -0.103. The van der Waals surface area contributed by atoms with Crippen molar-refractivity contribution < 1.29 is 9.59 Å². The van der Waals surface area contributed by atoms with E-state index in [1.54, 1.807) is 12.1 Å². The van der Waals surface area contributed by atoms with Crippen LogP contribution in [0, 0.1) is 0 Å². The molecule has 8 heteroatoms. The molecule has 2 amide bonds. The van der Waals surface area contributed by atoms with Crippen molar-refractivity contribution in [2.24, 2.45) is 0 Å². The topological polar surface area (TPSA) is 73.5 Å². The summed E-state index contributed by atoms with van der Waals surface area (Å²) in [6.07, 6.45) is 3.56. The summed E-state index contributed by atoms with van der Waals surface area (Å²) in [7, 11) is 3.87. The summed E-state index contributed by atoms with van der Waals surface area (Å²) in [6, 6.07) is 7.12. The zero-order valence-electron chi connectivity index (χ0n) is 14.7. The lowest BCUT2D eigenvalue weighted by atomic mass is 10.0. The van der Waals surface area contributed by atoms with E-state index in [9.17, 15) is 9.59 Å². The summed E-state index contributed by atoms with van der Waals surface area (Å²) in [4.78, 5) is 25.9. The lowest BCUT2D eigenvalue weighted by molar-refractivity contribution is -0.118. The Bertz CT molecular complexity index is 532. The number of hydrogen-bond acceptors (Lipinski definition) is 4. The highest BCUT2D eigenvalue weighted by Gasteiger charge is 2.20. The van der Waals surface area contributed by atoms with E-state index < -0.39 is 0 Å². The standard InChI is InChI=1S/C17H26N4O2.2ClH/c1-21(2)12-10-16(22)19-13-6-8-14(9-7-13)20-17(23)15-5-3-4-11-18-15;;/h6-9,15,18H,3-5,10-12H2,1-2H3,(H,19,22)(H,20,23);2*1H/t15-;;/m1../s1. The number of hydrogen-bond donors (Lipinski definition) is 3. The molecule has 0 bridgehead atoms. The van der Waals surface area contributed by atoms with Gasteiger partial charge in [0.2, 0.25) is 11.8 Å². The maximum Gasteiger partial charge on any atom is 0.241 e. The van der Waals surface area contributed by atoms with Crippen molar-refractivity contribution in [3.63, 3.8) is 0 Å². The van der Waals surface area contributed by atoms with E-state index in [-0.39, 0.29) is 42.7 Å². The average molecular weight is 391 g/mol. The SMILES string of the molecule is CN(C)CCC(=O)Nc1ccc(NC(=O)[C@H]2CCCCN2)cc1.Cl.Cl. The van der Waals surface area contributed by atoms with Crippen LogP contribution in [0.15, 0.2) is 24.3 Å². The fourth-order valence-electron chi connectivity index (χ4n) is 2.49. The van der Waals surface area contributed by atoms with E-state index in [2.05, 4.69) is 16.0 Å². The first kappa shape index (κ1) is 23.7. The Labute approximate surface area is 161 Å². The van der Waals surface area contributed by atoms with Crippen LogP contribution in [0.25, 0.3) is 0 Å². The van der Waals surface area contributed by atoms with Gasteiger partial charge in [-0.05, 0) is 57.7 Å². The predicted octanol–water partition coefficient (Wildman–Crippen LogP) is 2.50. The number of amides is 2. The summed E-state index contributed by atoms with van der Waals surface area (Å²) in [5, 5.41) is 8.99. The molecule has 1 aliphatic heterocycles. The first-order valence-electron chi connectivity index (χ1n) is 8.13. The molecule has 3 N–H and O–H groups in total. The van der Waals surface area contributed by atoms with E-state index in [1.807, 2.05) is 31.1 Å². The van der Waals surface area contributed by atoms with Gasteiger partial charge in [-0.15, -0.1) is 24.8 Å². The fourth-order valence-corrected chi connectivity index (χ4v) is 2.49. The highest BCUT2D eigenvalue weighted by Crippen LogP contribution is 2.15. The van der Waals surface area contributed by atoms with Crippen LogP contribution in [0.4, 0.5) is 11.4 Å². The van der Waals surface area contributed by atoms with Gasteiger partial charge >= 0.3 is 0 Å². The highest BCUT2D eigenvalue weighted by molar-refractivity contribution is 5.95. The molecular weight excluding hydrogens is 363 g/mol. The summed E-state index contributed by atoms with van der Waals surface area (Å²) >= 11 is 0. The smallest absolute Gasteiger partial charge is 0.241 e. The molecule has 0 saturated carbocycles. The summed E-state index contributed by atoms with van der Waals surface area (Å²) < 4.78 is 0. The molecule has 1 atom stereocenters. The molecule has 0 aliphatic carbocycles. The molecule has 1 aromatic rings. The van der Waals surface area contributed by atoms with Crippen LogP contribution in [0.5, 0.6) is 0 Å². The van der Waals surface area contributed by atoms with Gasteiger partial charge < -0.3 is 20.9 Å². The number of nitrogens with one attached hydrogen (secondary N) is 3. The van der Waals surface area contributed by atoms with E-state index in [1.165, 1.54) is 0 Å². The van der Waals surface area contributed by atoms with Gasteiger partial charge in [-0.3, -0.25) is 9.59 Å². The third kappa shape index (κ3) is 8.54. The molecule has 1 saturated heterocycles. The normalized spacial score (nSPS) is 16.4. The molecule has 0 radical (unpaired) electrons. The van der Waals surface area contributed by atoms with E-state index in [4.69, 9.17) is 0 Å². The van der Waals surface area contributed by atoms with Gasteiger partial charge in [-0.1, -0.05) is 6.42 Å². The Kier molecular flexibility index (Phi) is 11.4. The van der Waals surface area contributed by atoms with Crippen LogP contribution < -0.4 is 16.0 Å². The molecule has 25 heavy (non-hydrogen) atoms. The van der Waals surface area contributed by atoms with Crippen LogP contribution >= 0.6 is 24.8 Å². The maximum atomic E-state index is 12.1. The average Bonchev–Trinajstić information content (AvgIpc) is 2.55. The molecular formula is C17H28Cl2N4O2. The van der Waals surface area contributed by atoms with Crippen molar-refractivity contribution in [3.05, 3.63) is 24.3 Å². The van der Waals surface area contributed by atoms with Crippen LogP contribution in [0.3, 0.4) is 0 Å². The fraction of sp³-hybridized carbons (Fsp3) is 0.529. The van der Waals surface area contributed by atoms with Crippen molar-refractivity contribution >= 4 is 48.0 Å². The molecule has 142 valence electrons. The second-order valence-electron chi connectivity index (χ2n) is 6.17. The largest absolute Gasteiger partial charge is 0.326 e. The number of carbonyl (C=O) groups excluding carboxylic acids is 2. The first-order chi connectivity index (χ1) is 11.0. The minimum Gasteiger partial charge on any atom is -0.326 e. The van der Waals surface area contributed by atoms with Gasteiger partial charge in [-0.25, -0.2) is 0 Å². The number of nitrogens with zero attached hydrogens (tertiary/aromatic N) is 1. The molecule has 1 fully saturated rings. The zero-order chi connectivity index (χ0) is 16.7. The van der Waals surface area contributed by atoms with Gasteiger partial charge in [-0.2, -0.15) is 0 Å². The lowest BCUT2D eigenvalue weighted by Crippen LogP contribution is -2.43. The van der Waals surface area contributed by atoms with Crippen LogP contribution in [0.2, 0.25) is 0 Å². The van der Waals surface area contributed by atoms with Gasteiger partial charge in [0.25, 0.3) is 0 Å². The molecule has 2 rings (SSSR count). The Morgan fingerprint density at radius 1 is 1.08 bits per heavy atom. The van der Waals surface area contributed by atoms with E-state index in [0.29, 0.717) is 13.0 Å². The summed E-state index contributed by atoms with van der Waals surface area (Å²) in [5.41, 5.74) is 1.48. The summed E-state index contributed by atoms with van der Waals surface area (Å²) in [5.74, 6) is -0.00522. The van der Waals surface area contributed by atoms with Gasteiger partial charge in [0.1, 0.15) is 0 Å². The Morgan fingerprint density at radius 2 is 1.68 bits per heavy atom. The van der Waals surface area contributed by atoms with E-state index >= 15 is 0 Å². The Balaban J connectivity index is 0.00000288. The lowest BCUT2D eigenvalue weighted by Gasteiger charge is -2.22. The number of anilines is 2. The van der Waals surface area contributed by atoms with Crippen LogP contribution in [0.1, 0.15) is 25.7 Å². The summed E-state index contributed by atoms with van der Waals surface area (Å²) in [6.45, 7) is 1.62. The molecule has 0 aromatic heterocycles. The molecule has 1 heterocycles. The van der Waals surface area contributed by atoms with Crippen LogP contribution in [-0.4, -0.2) is 49.9 Å². The Hall–Kier alpha value is -1.34. The van der Waals surface area contributed by atoms with Crippen molar-refractivity contribution in [3.8, 4) is 0 Å². The monoisotopic (exact) mass is 390 g/mol. The number of carbonyl (C=O) groups is 2. The van der Waals surface area contributed by atoms with Crippen molar-refractivity contribution in [2.75, 3.05) is 37.8 Å². The van der Waals surface area contributed by atoms with E-state index in [0.717, 1.165) is 37.2 Å². The van der Waals surface area contributed by atoms with Gasteiger partial charge in [0.05, 0.1) is 6.04 Å². The predicted molar refractivity (Wildman–Crippen MR) is 107 cm³/mol. The molecule has 1 aliphatic rings. The second kappa shape index (κ2) is 12.1. The number of piperidine rings is 1. The third-order valence-corrected chi connectivity index (χ3v) is 3.85. The number of rotatable bonds is 6. The molecule has 0 spiro atoms. The van der Waals surface area contributed by atoms with Crippen molar-refractivity contribution in [1.29, 1.82) is 0 Å².